The van der Waals surface area contributed by atoms with Gasteiger partial charge in [0.25, 0.3) is 5.91 Å². The fraction of sp³-hybridized carbons (Fsp3) is 0.200. The number of nitriles is 1. The van der Waals surface area contributed by atoms with Crippen LogP contribution in [0.15, 0.2) is 54.1 Å². The SMILES string of the molecule is CC(C)NC(=O)/C(C#N)=C\c1ccccc1OCc1cccc(F)c1. The molecule has 4 nitrogen and oxygen atoms in total. The Morgan fingerprint density at radius 1 is 1.28 bits per heavy atom. The number of carbonyl (C=O) groups is 1. The first-order valence-corrected chi connectivity index (χ1v) is 7.88. The number of nitrogens with zero attached hydrogens (tertiary/aromatic N) is 1. The number of benzene rings is 2. The lowest BCUT2D eigenvalue weighted by Gasteiger charge is -2.11. The van der Waals surface area contributed by atoms with E-state index >= 15 is 0 Å². The molecule has 0 saturated carbocycles. The molecule has 0 aliphatic rings. The molecule has 2 rings (SSSR count). The summed E-state index contributed by atoms with van der Waals surface area (Å²) in [6.45, 7) is 3.83. The van der Waals surface area contributed by atoms with Crippen molar-refractivity contribution in [3.63, 3.8) is 0 Å². The molecule has 5 heteroatoms. The number of nitrogens with one attached hydrogen (secondary N) is 1. The van der Waals surface area contributed by atoms with Gasteiger partial charge in [-0.05, 0) is 43.7 Å². The van der Waals surface area contributed by atoms with Gasteiger partial charge in [-0.25, -0.2) is 4.39 Å². The summed E-state index contributed by atoms with van der Waals surface area (Å²) >= 11 is 0. The van der Waals surface area contributed by atoms with Crippen LogP contribution in [-0.4, -0.2) is 11.9 Å². The van der Waals surface area contributed by atoms with Gasteiger partial charge in [0.05, 0.1) is 0 Å². The third-order valence-electron chi connectivity index (χ3n) is 3.29. The predicted molar refractivity (Wildman–Crippen MR) is 94.0 cm³/mol. The number of amides is 1. The maximum absolute atomic E-state index is 13.2. The molecule has 1 amide bonds. The summed E-state index contributed by atoms with van der Waals surface area (Å²) < 4.78 is 19.0. The molecule has 0 spiro atoms. The largest absolute Gasteiger partial charge is 0.488 e. The molecule has 0 radical (unpaired) electrons. The summed E-state index contributed by atoms with van der Waals surface area (Å²) in [5.41, 5.74) is 1.29. The van der Waals surface area contributed by atoms with E-state index in [9.17, 15) is 14.4 Å². The molecule has 0 atom stereocenters. The molecular weight excluding hydrogens is 319 g/mol. The van der Waals surface area contributed by atoms with Crippen LogP contribution in [0.25, 0.3) is 6.08 Å². The Labute approximate surface area is 146 Å². The van der Waals surface area contributed by atoms with Gasteiger partial charge in [0, 0.05) is 11.6 Å². The van der Waals surface area contributed by atoms with E-state index < -0.39 is 5.91 Å². The Morgan fingerprint density at radius 2 is 2.04 bits per heavy atom. The minimum atomic E-state index is -0.433. The lowest BCUT2D eigenvalue weighted by atomic mass is 10.1. The average molecular weight is 338 g/mol. The fourth-order valence-corrected chi connectivity index (χ4v) is 2.16. The van der Waals surface area contributed by atoms with Crippen LogP contribution < -0.4 is 10.1 Å². The van der Waals surface area contributed by atoms with Gasteiger partial charge < -0.3 is 10.1 Å². The maximum atomic E-state index is 13.2. The second-order valence-corrected chi connectivity index (χ2v) is 5.75. The molecule has 0 heterocycles. The van der Waals surface area contributed by atoms with Gasteiger partial charge in [-0.2, -0.15) is 5.26 Å². The number of carbonyl (C=O) groups excluding carboxylic acids is 1. The summed E-state index contributed by atoms with van der Waals surface area (Å²) in [6, 6.07) is 15.1. The molecule has 0 fully saturated rings. The minimum Gasteiger partial charge on any atom is -0.488 e. The first-order chi connectivity index (χ1) is 12.0. The maximum Gasteiger partial charge on any atom is 0.262 e. The van der Waals surface area contributed by atoms with E-state index in [-0.39, 0.29) is 24.0 Å². The van der Waals surface area contributed by atoms with Gasteiger partial charge >= 0.3 is 0 Å². The normalized spacial score (nSPS) is 11.1. The van der Waals surface area contributed by atoms with Crippen LogP contribution in [0, 0.1) is 17.1 Å². The highest BCUT2D eigenvalue weighted by Crippen LogP contribution is 2.22. The zero-order valence-corrected chi connectivity index (χ0v) is 14.1. The summed E-state index contributed by atoms with van der Waals surface area (Å²) in [5, 5.41) is 11.9. The van der Waals surface area contributed by atoms with Crippen LogP contribution in [0.1, 0.15) is 25.0 Å². The lowest BCUT2D eigenvalue weighted by molar-refractivity contribution is -0.117. The van der Waals surface area contributed by atoms with E-state index in [4.69, 9.17) is 4.74 Å². The lowest BCUT2D eigenvalue weighted by Crippen LogP contribution is -2.30. The van der Waals surface area contributed by atoms with Gasteiger partial charge in [0.1, 0.15) is 29.8 Å². The van der Waals surface area contributed by atoms with Crippen LogP contribution in [0.4, 0.5) is 4.39 Å². The third kappa shape index (κ3) is 5.47. The third-order valence-corrected chi connectivity index (χ3v) is 3.29. The van der Waals surface area contributed by atoms with Gasteiger partial charge in [0.15, 0.2) is 0 Å². The fourth-order valence-electron chi connectivity index (χ4n) is 2.16. The van der Waals surface area contributed by atoms with Crippen molar-refractivity contribution in [1.82, 2.24) is 5.32 Å². The summed E-state index contributed by atoms with van der Waals surface area (Å²) in [4.78, 5) is 12.0. The van der Waals surface area contributed by atoms with E-state index in [1.807, 2.05) is 19.9 Å². The molecular formula is C20H19FN2O2. The molecule has 1 N–H and O–H groups in total. The first kappa shape index (κ1) is 18.2. The topological polar surface area (TPSA) is 62.1 Å². The number of ether oxygens (including phenoxy) is 1. The molecule has 0 aliphatic carbocycles. The van der Waals surface area contributed by atoms with Crippen molar-refractivity contribution >= 4 is 12.0 Å². The summed E-state index contributed by atoms with van der Waals surface area (Å²) in [5.74, 6) is -0.249. The molecule has 0 bridgehead atoms. The van der Waals surface area contributed by atoms with Crippen LogP contribution >= 0.6 is 0 Å². The van der Waals surface area contributed by atoms with Crippen LogP contribution in [-0.2, 0) is 11.4 Å². The zero-order chi connectivity index (χ0) is 18.2. The second kappa shape index (κ2) is 8.65. The van der Waals surface area contributed by atoms with Crippen molar-refractivity contribution in [2.75, 3.05) is 0 Å². The Kier molecular flexibility index (Phi) is 6.30. The number of rotatable bonds is 6. The van der Waals surface area contributed by atoms with E-state index in [1.165, 1.54) is 18.2 Å². The van der Waals surface area contributed by atoms with Crippen molar-refractivity contribution in [2.45, 2.75) is 26.5 Å². The van der Waals surface area contributed by atoms with Gasteiger partial charge in [-0.3, -0.25) is 4.79 Å². The minimum absolute atomic E-state index is 0.00416. The van der Waals surface area contributed by atoms with Crippen molar-refractivity contribution in [2.24, 2.45) is 0 Å². The van der Waals surface area contributed by atoms with Gasteiger partial charge in [-0.1, -0.05) is 30.3 Å². The quantitative estimate of drug-likeness (QED) is 0.643. The molecule has 0 aliphatic heterocycles. The predicted octanol–water partition coefficient (Wildman–Crippen LogP) is 3.84. The van der Waals surface area contributed by atoms with Crippen LogP contribution in [0.5, 0.6) is 5.75 Å². The molecule has 0 unspecified atom stereocenters. The number of hydrogen-bond donors (Lipinski definition) is 1. The van der Waals surface area contributed by atoms with Crippen LogP contribution in [0.3, 0.4) is 0 Å². The van der Waals surface area contributed by atoms with E-state index in [2.05, 4.69) is 5.32 Å². The van der Waals surface area contributed by atoms with E-state index in [0.29, 0.717) is 16.9 Å². The molecule has 0 saturated heterocycles. The van der Waals surface area contributed by atoms with Gasteiger partial charge in [0.2, 0.25) is 0 Å². The van der Waals surface area contributed by atoms with Crippen molar-refractivity contribution in [3.8, 4) is 11.8 Å². The van der Waals surface area contributed by atoms with E-state index in [0.717, 1.165) is 0 Å². The number of hydrogen-bond acceptors (Lipinski definition) is 3. The Bertz CT molecular complexity index is 822. The second-order valence-electron chi connectivity index (χ2n) is 5.75. The van der Waals surface area contributed by atoms with Crippen molar-refractivity contribution < 1.29 is 13.9 Å². The van der Waals surface area contributed by atoms with Gasteiger partial charge in [-0.15, -0.1) is 0 Å². The van der Waals surface area contributed by atoms with E-state index in [1.54, 1.807) is 36.4 Å². The Hall–Kier alpha value is -3.13. The first-order valence-electron chi connectivity index (χ1n) is 7.88. The number of halogens is 1. The summed E-state index contributed by atoms with van der Waals surface area (Å²) in [7, 11) is 0. The highest BCUT2D eigenvalue weighted by atomic mass is 19.1. The smallest absolute Gasteiger partial charge is 0.262 e. The highest BCUT2D eigenvalue weighted by molar-refractivity contribution is 6.02. The molecule has 2 aromatic carbocycles. The Morgan fingerprint density at radius 3 is 2.72 bits per heavy atom. The Balaban J connectivity index is 2.20. The molecule has 128 valence electrons. The summed E-state index contributed by atoms with van der Waals surface area (Å²) in [6.07, 6.45) is 1.48. The van der Waals surface area contributed by atoms with Crippen molar-refractivity contribution in [1.29, 1.82) is 5.26 Å². The monoisotopic (exact) mass is 338 g/mol. The standard InChI is InChI=1S/C20H19FN2O2/c1-14(2)23-20(24)17(12-22)11-16-7-3-4-9-19(16)25-13-15-6-5-8-18(21)10-15/h3-11,14H,13H2,1-2H3,(H,23,24)/b17-11-. The highest BCUT2D eigenvalue weighted by Gasteiger charge is 2.11. The van der Waals surface area contributed by atoms with Crippen LogP contribution in [0.2, 0.25) is 0 Å². The molecule has 25 heavy (non-hydrogen) atoms. The van der Waals surface area contributed by atoms with Crippen molar-refractivity contribution in [3.05, 3.63) is 71.0 Å². The number of para-hydroxylation sites is 1. The molecule has 2 aromatic rings. The zero-order valence-electron chi connectivity index (χ0n) is 14.1. The average Bonchev–Trinajstić information content (AvgIpc) is 2.58. The molecule has 0 aromatic heterocycles.